The van der Waals surface area contributed by atoms with Gasteiger partial charge in [-0.15, -0.1) is 11.3 Å². The van der Waals surface area contributed by atoms with Crippen LogP contribution in [0.2, 0.25) is 0 Å². The highest BCUT2D eigenvalue weighted by molar-refractivity contribution is 9.11. The van der Waals surface area contributed by atoms with E-state index >= 15 is 0 Å². The highest BCUT2D eigenvalue weighted by Gasteiger charge is 2.12. The lowest BCUT2D eigenvalue weighted by Crippen LogP contribution is -2.03. The van der Waals surface area contributed by atoms with E-state index in [-0.39, 0.29) is 5.78 Å². The maximum atomic E-state index is 12.1. The summed E-state index contributed by atoms with van der Waals surface area (Å²) in [6.07, 6.45) is 0.478. The fourth-order valence-corrected chi connectivity index (χ4v) is 3.53. The molecule has 0 atom stereocenters. The Hall–Kier alpha value is -0.930. The average Bonchev–Trinajstić information content (AvgIpc) is 2.58. The molecule has 3 heteroatoms. The second-order valence-electron chi connectivity index (χ2n) is 4.11. The van der Waals surface area contributed by atoms with Crippen LogP contribution < -0.4 is 0 Å². The van der Waals surface area contributed by atoms with Crippen molar-refractivity contribution < 1.29 is 4.79 Å². The van der Waals surface area contributed by atoms with Crippen molar-refractivity contribution in [1.29, 1.82) is 0 Å². The van der Waals surface area contributed by atoms with Crippen LogP contribution in [-0.4, -0.2) is 5.78 Å². The Labute approximate surface area is 114 Å². The van der Waals surface area contributed by atoms with Crippen molar-refractivity contribution in [3.05, 3.63) is 55.7 Å². The lowest BCUT2D eigenvalue weighted by molar-refractivity contribution is 0.0993. The van der Waals surface area contributed by atoms with E-state index in [2.05, 4.69) is 22.0 Å². The number of ketones is 1. The molecular weight excluding hydrogens is 296 g/mol. The lowest BCUT2D eigenvalue weighted by atomic mass is 10.0. The zero-order valence-electron chi connectivity index (χ0n) is 9.79. The fourth-order valence-electron chi connectivity index (χ4n) is 1.83. The van der Waals surface area contributed by atoms with Crippen molar-refractivity contribution in [2.75, 3.05) is 0 Å². The molecule has 2 rings (SSSR count). The maximum absolute atomic E-state index is 12.1. The second-order valence-corrected chi connectivity index (χ2v) is 6.74. The largest absolute Gasteiger partial charge is 0.294 e. The minimum atomic E-state index is 0.190. The molecule has 1 aromatic carbocycles. The summed E-state index contributed by atoms with van der Waals surface area (Å²) in [5, 5.41) is 0. The summed E-state index contributed by atoms with van der Waals surface area (Å²) in [7, 11) is 0. The van der Waals surface area contributed by atoms with Crippen LogP contribution in [0.25, 0.3) is 0 Å². The highest BCUT2D eigenvalue weighted by atomic mass is 79.9. The second kappa shape index (κ2) is 5.15. The van der Waals surface area contributed by atoms with Crippen LogP contribution >= 0.6 is 27.3 Å². The minimum Gasteiger partial charge on any atom is -0.294 e. The van der Waals surface area contributed by atoms with E-state index < -0.39 is 0 Å². The molecule has 0 aliphatic rings. The molecular formula is C14H13BrOS. The predicted octanol–water partition coefficient (Wildman–Crippen LogP) is 4.55. The molecule has 0 spiro atoms. The summed E-state index contributed by atoms with van der Waals surface area (Å²) in [6.45, 7) is 4.03. The number of rotatable bonds is 3. The Morgan fingerprint density at radius 2 is 2.06 bits per heavy atom. The SMILES string of the molecule is Cc1cccc(CC(=O)c2cc(Br)sc2C)c1. The topological polar surface area (TPSA) is 17.1 Å². The predicted molar refractivity (Wildman–Crippen MR) is 76.0 cm³/mol. The fraction of sp³-hybridized carbons (Fsp3) is 0.214. The summed E-state index contributed by atoms with van der Waals surface area (Å²) < 4.78 is 1.02. The van der Waals surface area contributed by atoms with Crippen LogP contribution in [0.5, 0.6) is 0 Å². The standard InChI is InChI=1S/C14H13BrOS/c1-9-4-3-5-11(6-9)7-13(16)12-8-14(15)17-10(12)2/h3-6,8H,7H2,1-2H3. The molecule has 0 saturated carbocycles. The average molecular weight is 309 g/mol. The van der Waals surface area contributed by atoms with Gasteiger partial charge in [-0.05, 0) is 41.4 Å². The van der Waals surface area contributed by atoms with Gasteiger partial charge < -0.3 is 0 Å². The smallest absolute Gasteiger partial charge is 0.168 e. The third kappa shape index (κ3) is 3.05. The number of thiophene rings is 1. The van der Waals surface area contributed by atoms with Gasteiger partial charge in [0.25, 0.3) is 0 Å². The van der Waals surface area contributed by atoms with Crippen LogP contribution in [-0.2, 0) is 6.42 Å². The van der Waals surface area contributed by atoms with E-state index in [1.807, 2.05) is 38.1 Å². The lowest BCUT2D eigenvalue weighted by Gasteiger charge is -2.02. The van der Waals surface area contributed by atoms with Gasteiger partial charge in [0, 0.05) is 16.9 Å². The Kier molecular flexibility index (Phi) is 3.79. The molecule has 0 amide bonds. The molecule has 1 nitrogen and oxygen atoms in total. The van der Waals surface area contributed by atoms with Crippen molar-refractivity contribution in [1.82, 2.24) is 0 Å². The van der Waals surface area contributed by atoms with Gasteiger partial charge in [0.1, 0.15) is 0 Å². The highest BCUT2D eigenvalue weighted by Crippen LogP contribution is 2.27. The van der Waals surface area contributed by atoms with Crippen molar-refractivity contribution >= 4 is 33.0 Å². The third-order valence-electron chi connectivity index (χ3n) is 2.64. The summed E-state index contributed by atoms with van der Waals surface area (Å²) in [5.74, 6) is 0.190. The van der Waals surface area contributed by atoms with Crippen LogP contribution in [0.1, 0.15) is 26.4 Å². The molecule has 2 aromatic rings. The Balaban J connectivity index is 2.20. The number of benzene rings is 1. The van der Waals surface area contributed by atoms with Gasteiger partial charge in [0.2, 0.25) is 0 Å². The van der Waals surface area contributed by atoms with Crippen molar-refractivity contribution in [2.45, 2.75) is 20.3 Å². The first-order chi connectivity index (χ1) is 8.06. The van der Waals surface area contributed by atoms with E-state index in [1.165, 1.54) is 5.56 Å². The van der Waals surface area contributed by atoms with Crippen LogP contribution in [0.4, 0.5) is 0 Å². The number of halogens is 1. The molecule has 0 aliphatic carbocycles. The van der Waals surface area contributed by atoms with Gasteiger partial charge in [0.15, 0.2) is 5.78 Å². The molecule has 1 aromatic heterocycles. The normalized spacial score (nSPS) is 10.5. The summed E-state index contributed by atoms with van der Waals surface area (Å²) in [5.41, 5.74) is 3.11. The molecule has 0 fully saturated rings. The van der Waals surface area contributed by atoms with Crippen LogP contribution in [0.3, 0.4) is 0 Å². The third-order valence-corrected chi connectivity index (χ3v) is 4.19. The van der Waals surface area contributed by atoms with E-state index in [0.29, 0.717) is 6.42 Å². The molecule has 0 aliphatic heterocycles. The number of carbonyl (C=O) groups excluding carboxylic acids is 1. The van der Waals surface area contributed by atoms with Gasteiger partial charge in [-0.1, -0.05) is 29.8 Å². The Morgan fingerprint density at radius 1 is 1.29 bits per heavy atom. The monoisotopic (exact) mass is 308 g/mol. The van der Waals surface area contributed by atoms with Gasteiger partial charge in [-0.25, -0.2) is 0 Å². The molecule has 0 bridgehead atoms. The minimum absolute atomic E-state index is 0.190. The molecule has 0 saturated heterocycles. The number of carbonyl (C=O) groups is 1. The molecule has 1 heterocycles. The van der Waals surface area contributed by atoms with Gasteiger partial charge >= 0.3 is 0 Å². The number of aryl methyl sites for hydroxylation is 2. The first-order valence-corrected chi connectivity index (χ1v) is 7.02. The number of Topliss-reactive ketones (excluding diaryl/α,β-unsaturated/α-hetero) is 1. The van der Waals surface area contributed by atoms with Crippen LogP contribution in [0.15, 0.2) is 34.1 Å². The van der Waals surface area contributed by atoms with Crippen molar-refractivity contribution in [3.8, 4) is 0 Å². The molecule has 0 radical (unpaired) electrons. The van der Waals surface area contributed by atoms with Gasteiger partial charge in [-0.3, -0.25) is 4.79 Å². The zero-order valence-corrected chi connectivity index (χ0v) is 12.2. The van der Waals surface area contributed by atoms with Gasteiger partial charge in [-0.2, -0.15) is 0 Å². The summed E-state index contributed by atoms with van der Waals surface area (Å²) in [6, 6.07) is 10.0. The Bertz CT molecular complexity index is 557. The number of hydrogen-bond donors (Lipinski definition) is 0. The van der Waals surface area contributed by atoms with E-state index in [4.69, 9.17) is 0 Å². The van der Waals surface area contributed by atoms with Crippen molar-refractivity contribution in [2.24, 2.45) is 0 Å². The first-order valence-electron chi connectivity index (χ1n) is 5.41. The summed E-state index contributed by atoms with van der Waals surface area (Å²) in [4.78, 5) is 13.2. The van der Waals surface area contributed by atoms with E-state index in [0.717, 1.165) is 19.8 Å². The zero-order chi connectivity index (χ0) is 12.4. The Morgan fingerprint density at radius 3 is 2.65 bits per heavy atom. The van der Waals surface area contributed by atoms with E-state index in [1.54, 1.807) is 11.3 Å². The van der Waals surface area contributed by atoms with E-state index in [9.17, 15) is 4.79 Å². The van der Waals surface area contributed by atoms with Gasteiger partial charge in [0.05, 0.1) is 3.79 Å². The summed E-state index contributed by atoms with van der Waals surface area (Å²) >= 11 is 5.02. The molecule has 0 unspecified atom stereocenters. The quantitative estimate of drug-likeness (QED) is 0.760. The number of hydrogen-bond acceptors (Lipinski definition) is 2. The van der Waals surface area contributed by atoms with Crippen LogP contribution in [0, 0.1) is 13.8 Å². The van der Waals surface area contributed by atoms with Crippen molar-refractivity contribution in [3.63, 3.8) is 0 Å². The maximum Gasteiger partial charge on any atom is 0.168 e. The molecule has 0 N–H and O–H groups in total. The molecule has 17 heavy (non-hydrogen) atoms. The molecule has 88 valence electrons. The first kappa shape index (κ1) is 12.5.